The third-order valence-corrected chi connectivity index (χ3v) is 4.14. The average molecular weight is 265 g/mol. The van der Waals surface area contributed by atoms with Crippen molar-refractivity contribution < 1.29 is 17.9 Å². The van der Waals surface area contributed by atoms with Crippen LogP contribution in [0.15, 0.2) is 0 Å². The summed E-state index contributed by atoms with van der Waals surface area (Å²) in [5.74, 6) is -0.656. The van der Waals surface area contributed by atoms with E-state index in [1.807, 2.05) is 0 Å². The van der Waals surface area contributed by atoms with Gasteiger partial charge in [0.15, 0.2) is 0 Å². The Morgan fingerprint density at radius 3 is 2.28 bits per heavy atom. The Morgan fingerprint density at radius 2 is 1.72 bits per heavy atom. The quantitative estimate of drug-likeness (QED) is 0.843. The Labute approximate surface area is 106 Å². The molecule has 0 spiro atoms. The number of nitrogens with one attached hydrogen (secondary N) is 1. The van der Waals surface area contributed by atoms with E-state index in [2.05, 4.69) is 5.32 Å². The van der Waals surface area contributed by atoms with E-state index in [0.717, 1.165) is 32.5 Å². The lowest BCUT2D eigenvalue weighted by molar-refractivity contribution is -0.183. The summed E-state index contributed by atoms with van der Waals surface area (Å²) in [5, 5.41) is 3.34. The first-order valence-corrected chi connectivity index (χ1v) is 6.94. The molecule has 0 aromatic rings. The second-order valence-electron chi connectivity index (χ2n) is 5.55. The molecule has 18 heavy (non-hydrogen) atoms. The fourth-order valence-corrected chi connectivity index (χ4v) is 2.95. The van der Waals surface area contributed by atoms with Gasteiger partial charge in [-0.25, -0.2) is 0 Å². The van der Waals surface area contributed by atoms with Gasteiger partial charge in [0.1, 0.15) is 0 Å². The highest BCUT2D eigenvalue weighted by atomic mass is 19.4. The minimum Gasteiger partial charge on any atom is -0.377 e. The number of rotatable bonds is 4. The average Bonchev–Trinajstić information content (AvgIpc) is 2.82. The zero-order valence-corrected chi connectivity index (χ0v) is 10.6. The molecule has 2 aliphatic rings. The molecule has 1 saturated carbocycles. The lowest BCUT2D eigenvalue weighted by atomic mass is 9.81. The maximum atomic E-state index is 12.5. The maximum Gasteiger partial charge on any atom is 0.391 e. The smallest absolute Gasteiger partial charge is 0.377 e. The van der Waals surface area contributed by atoms with Gasteiger partial charge in [-0.15, -0.1) is 0 Å². The van der Waals surface area contributed by atoms with Crippen molar-refractivity contribution in [3.05, 3.63) is 0 Å². The van der Waals surface area contributed by atoms with Crippen LogP contribution in [-0.4, -0.2) is 32.0 Å². The predicted molar refractivity (Wildman–Crippen MR) is 63.3 cm³/mol. The van der Waals surface area contributed by atoms with Gasteiger partial charge < -0.3 is 10.1 Å². The first-order valence-electron chi connectivity index (χ1n) is 6.94. The molecule has 1 aliphatic heterocycles. The van der Waals surface area contributed by atoms with Crippen molar-refractivity contribution in [3.8, 4) is 0 Å². The highest BCUT2D eigenvalue weighted by molar-refractivity contribution is 4.78. The van der Waals surface area contributed by atoms with Crippen molar-refractivity contribution in [2.75, 3.05) is 19.7 Å². The molecule has 1 N–H and O–H groups in total. The minimum atomic E-state index is -3.99. The Balaban J connectivity index is 1.58. The van der Waals surface area contributed by atoms with Gasteiger partial charge in [-0.05, 0) is 51.0 Å². The normalized spacial score (nSPS) is 33.8. The molecule has 106 valence electrons. The van der Waals surface area contributed by atoms with E-state index in [-0.39, 0.29) is 0 Å². The molecule has 0 aromatic heterocycles. The monoisotopic (exact) mass is 265 g/mol. The molecule has 1 aliphatic carbocycles. The predicted octanol–water partition coefficient (Wildman–Crippen LogP) is 3.12. The number of halogens is 3. The van der Waals surface area contributed by atoms with Crippen molar-refractivity contribution in [1.29, 1.82) is 0 Å². The van der Waals surface area contributed by atoms with Gasteiger partial charge >= 0.3 is 6.18 Å². The third-order valence-electron chi connectivity index (χ3n) is 4.14. The molecule has 1 unspecified atom stereocenters. The topological polar surface area (TPSA) is 21.3 Å². The summed E-state index contributed by atoms with van der Waals surface area (Å²) < 4.78 is 43.0. The van der Waals surface area contributed by atoms with Crippen LogP contribution in [0.1, 0.15) is 38.5 Å². The summed E-state index contributed by atoms with van der Waals surface area (Å²) >= 11 is 0. The van der Waals surface area contributed by atoms with E-state index in [1.165, 1.54) is 0 Å². The second kappa shape index (κ2) is 6.24. The van der Waals surface area contributed by atoms with E-state index in [1.54, 1.807) is 0 Å². The first-order chi connectivity index (χ1) is 8.55. The molecule has 1 heterocycles. The van der Waals surface area contributed by atoms with Gasteiger partial charge in [0.05, 0.1) is 12.0 Å². The number of ether oxygens (including phenoxy) is 1. The van der Waals surface area contributed by atoms with Crippen LogP contribution in [0.4, 0.5) is 13.2 Å². The van der Waals surface area contributed by atoms with Gasteiger partial charge in [0, 0.05) is 13.2 Å². The van der Waals surface area contributed by atoms with Gasteiger partial charge in [-0.2, -0.15) is 13.2 Å². The van der Waals surface area contributed by atoms with E-state index in [4.69, 9.17) is 4.74 Å². The zero-order chi connectivity index (χ0) is 13.0. The molecular weight excluding hydrogens is 243 g/mol. The molecule has 0 aromatic carbocycles. The Morgan fingerprint density at radius 1 is 1.00 bits per heavy atom. The van der Waals surface area contributed by atoms with E-state index >= 15 is 0 Å². The zero-order valence-electron chi connectivity index (χ0n) is 10.6. The van der Waals surface area contributed by atoms with Crippen molar-refractivity contribution in [3.63, 3.8) is 0 Å². The second-order valence-corrected chi connectivity index (χ2v) is 5.55. The standard InChI is InChI=1S/C13H22F3NO/c14-13(15,16)11-5-3-10(4-6-11)8-17-9-12-2-1-7-18-12/h10-12,17H,1-9H2. The van der Waals surface area contributed by atoms with Crippen LogP contribution in [0.5, 0.6) is 0 Å². The minimum absolute atomic E-state index is 0.301. The summed E-state index contributed by atoms with van der Waals surface area (Å²) in [5.41, 5.74) is 0. The van der Waals surface area contributed by atoms with E-state index in [0.29, 0.717) is 37.7 Å². The largest absolute Gasteiger partial charge is 0.391 e. The molecule has 2 fully saturated rings. The molecular formula is C13H22F3NO. The summed E-state index contributed by atoms with van der Waals surface area (Å²) in [7, 11) is 0. The summed E-state index contributed by atoms with van der Waals surface area (Å²) in [6, 6.07) is 0. The summed E-state index contributed by atoms with van der Waals surface area (Å²) in [6.45, 7) is 2.53. The first kappa shape index (κ1) is 14.1. The Kier molecular flexibility index (Phi) is 4.90. The van der Waals surface area contributed by atoms with Gasteiger partial charge in [-0.3, -0.25) is 0 Å². The Bertz CT molecular complexity index is 243. The number of alkyl halides is 3. The molecule has 5 heteroatoms. The SMILES string of the molecule is FC(F)(F)C1CCC(CNCC2CCCO2)CC1. The van der Waals surface area contributed by atoms with Crippen molar-refractivity contribution in [2.24, 2.45) is 11.8 Å². The molecule has 0 amide bonds. The molecule has 0 bridgehead atoms. The highest BCUT2D eigenvalue weighted by Gasteiger charge is 2.41. The molecule has 0 radical (unpaired) electrons. The van der Waals surface area contributed by atoms with E-state index in [9.17, 15) is 13.2 Å². The van der Waals surface area contributed by atoms with Crippen molar-refractivity contribution in [2.45, 2.75) is 50.8 Å². The van der Waals surface area contributed by atoms with Crippen molar-refractivity contribution >= 4 is 0 Å². The van der Waals surface area contributed by atoms with Crippen LogP contribution in [0.25, 0.3) is 0 Å². The summed E-state index contributed by atoms with van der Waals surface area (Å²) in [6.07, 6.45) is 0.556. The third kappa shape index (κ3) is 4.12. The van der Waals surface area contributed by atoms with Crippen LogP contribution in [0.3, 0.4) is 0 Å². The van der Waals surface area contributed by atoms with E-state index < -0.39 is 12.1 Å². The van der Waals surface area contributed by atoms with Gasteiger partial charge in [0.25, 0.3) is 0 Å². The highest BCUT2D eigenvalue weighted by Crippen LogP contribution is 2.39. The molecule has 1 saturated heterocycles. The fourth-order valence-electron chi connectivity index (χ4n) is 2.95. The molecule has 2 rings (SSSR count). The lowest BCUT2D eigenvalue weighted by Crippen LogP contribution is -2.34. The molecule has 1 atom stereocenters. The molecule has 2 nitrogen and oxygen atoms in total. The lowest BCUT2D eigenvalue weighted by Gasteiger charge is -2.30. The van der Waals surface area contributed by atoms with Crippen molar-refractivity contribution in [1.82, 2.24) is 5.32 Å². The fraction of sp³-hybridized carbons (Fsp3) is 1.00. The Hall–Kier alpha value is -0.290. The van der Waals surface area contributed by atoms with Gasteiger partial charge in [0.2, 0.25) is 0 Å². The van der Waals surface area contributed by atoms with Crippen LogP contribution in [0, 0.1) is 11.8 Å². The van der Waals surface area contributed by atoms with Crippen LogP contribution < -0.4 is 5.32 Å². The van der Waals surface area contributed by atoms with Gasteiger partial charge in [-0.1, -0.05) is 0 Å². The number of hydrogen-bond donors (Lipinski definition) is 1. The maximum absolute atomic E-state index is 12.5. The van der Waals surface area contributed by atoms with Crippen LogP contribution >= 0.6 is 0 Å². The number of hydrogen-bond acceptors (Lipinski definition) is 2. The van der Waals surface area contributed by atoms with Crippen LogP contribution in [-0.2, 0) is 4.74 Å². The van der Waals surface area contributed by atoms with Crippen LogP contribution in [0.2, 0.25) is 0 Å². The summed E-state index contributed by atoms with van der Waals surface area (Å²) in [4.78, 5) is 0.